The summed E-state index contributed by atoms with van der Waals surface area (Å²) in [7, 11) is 1.74. The predicted octanol–water partition coefficient (Wildman–Crippen LogP) is 1.72. The fraction of sp³-hybridized carbons (Fsp3) is 0.263. The third-order valence-corrected chi connectivity index (χ3v) is 4.81. The first kappa shape index (κ1) is 21.4. The summed E-state index contributed by atoms with van der Waals surface area (Å²) >= 11 is 1.54. The zero-order valence-electron chi connectivity index (χ0n) is 15.9. The van der Waals surface area contributed by atoms with Gasteiger partial charge in [-0.15, -0.1) is 11.8 Å². The van der Waals surface area contributed by atoms with Crippen molar-refractivity contribution in [1.29, 1.82) is 0 Å². The van der Waals surface area contributed by atoms with E-state index in [0.717, 1.165) is 16.1 Å². The van der Waals surface area contributed by atoms with Crippen LogP contribution in [0.15, 0.2) is 47.4 Å². The molecule has 0 bridgehead atoms. The second-order valence-electron chi connectivity index (χ2n) is 6.36. The number of nitrogens with one attached hydrogen (secondary N) is 3. The fourth-order valence-electron chi connectivity index (χ4n) is 2.61. The number of amides is 2. The van der Waals surface area contributed by atoms with Gasteiger partial charge in [-0.1, -0.05) is 18.2 Å². The molecule has 0 saturated carbocycles. The number of aryl methyl sites for hydroxylation is 1. The standard InChI is InChI=1S/C19H22N4O4S/c1-13-8-9-14(23(26)27)10-16(13)21-19(25)12-22(2)11-18(24)20-15-6-4-5-7-17(15)28-3/h4-10H,11-12H2,1-3H3,(H,20,24)(H,21,25)/p+1. The van der Waals surface area contributed by atoms with Crippen molar-refractivity contribution in [3.05, 3.63) is 58.1 Å². The maximum Gasteiger partial charge on any atom is 0.279 e. The second kappa shape index (κ2) is 9.86. The Balaban J connectivity index is 1.91. The molecule has 1 atom stereocenters. The minimum atomic E-state index is -0.511. The number of nitro groups is 1. The molecule has 9 heteroatoms. The van der Waals surface area contributed by atoms with Gasteiger partial charge in [0, 0.05) is 17.0 Å². The number of para-hydroxylation sites is 1. The van der Waals surface area contributed by atoms with Gasteiger partial charge in [-0.3, -0.25) is 19.7 Å². The van der Waals surface area contributed by atoms with Gasteiger partial charge in [0.15, 0.2) is 13.1 Å². The van der Waals surface area contributed by atoms with Crippen LogP contribution >= 0.6 is 11.8 Å². The van der Waals surface area contributed by atoms with E-state index in [0.29, 0.717) is 10.6 Å². The molecule has 0 fully saturated rings. The summed E-state index contributed by atoms with van der Waals surface area (Å²) in [6.07, 6.45) is 1.93. The number of hydrogen-bond donors (Lipinski definition) is 3. The minimum absolute atomic E-state index is 0.0553. The van der Waals surface area contributed by atoms with Gasteiger partial charge in [-0.05, 0) is 30.9 Å². The summed E-state index contributed by atoms with van der Waals surface area (Å²) in [6.45, 7) is 1.93. The van der Waals surface area contributed by atoms with E-state index >= 15 is 0 Å². The Labute approximate surface area is 167 Å². The molecule has 148 valence electrons. The number of anilines is 2. The Morgan fingerprint density at radius 3 is 2.29 bits per heavy atom. The molecule has 1 unspecified atom stereocenters. The number of nitrogens with zero attached hydrogens (tertiary/aromatic N) is 1. The number of carbonyl (C=O) groups is 2. The number of nitro benzene ring substituents is 1. The molecule has 0 aliphatic carbocycles. The summed E-state index contributed by atoms with van der Waals surface area (Å²) in [5.41, 5.74) is 1.77. The number of benzene rings is 2. The molecule has 8 nitrogen and oxygen atoms in total. The van der Waals surface area contributed by atoms with Crippen LogP contribution in [0.5, 0.6) is 0 Å². The molecular formula is C19H23N4O4S+. The molecule has 2 amide bonds. The van der Waals surface area contributed by atoms with Crippen LogP contribution in [0.4, 0.5) is 17.1 Å². The van der Waals surface area contributed by atoms with Crippen LogP contribution in [0.2, 0.25) is 0 Å². The number of likely N-dealkylation sites (N-methyl/N-ethyl adjacent to an activating group) is 1. The number of non-ortho nitro benzene ring substituents is 1. The van der Waals surface area contributed by atoms with Crippen LogP contribution in [0.25, 0.3) is 0 Å². The summed E-state index contributed by atoms with van der Waals surface area (Å²) in [6, 6.07) is 11.8. The van der Waals surface area contributed by atoms with Crippen molar-refractivity contribution in [2.45, 2.75) is 11.8 Å². The summed E-state index contributed by atoms with van der Waals surface area (Å²) < 4.78 is 0. The lowest BCUT2D eigenvalue weighted by atomic mass is 10.2. The number of quaternary nitrogens is 1. The van der Waals surface area contributed by atoms with Gasteiger partial charge >= 0.3 is 0 Å². The van der Waals surface area contributed by atoms with Crippen molar-refractivity contribution >= 4 is 40.6 Å². The van der Waals surface area contributed by atoms with Gasteiger partial charge in [-0.2, -0.15) is 0 Å². The van der Waals surface area contributed by atoms with E-state index in [4.69, 9.17) is 0 Å². The van der Waals surface area contributed by atoms with Crippen LogP contribution in [0.1, 0.15) is 5.56 Å². The van der Waals surface area contributed by atoms with Gasteiger partial charge in [-0.25, -0.2) is 0 Å². The molecule has 2 rings (SSSR count). The second-order valence-corrected chi connectivity index (χ2v) is 7.21. The first-order valence-corrected chi connectivity index (χ1v) is 9.81. The molecule has 0 saturated heterocycles. The SMILES string of the molecule is CSc1ccccc1NC(=O)C[NH+](C)CC(=O)Nc1cc([N+](=O)[O-])ccc1C. The van der Waals surface area contributed by atoms with Crippen molar-refractivity contribution in [2.75, 3.05) is 37.0 Å². The van der Waals surface area contributed by atoms with E-state index in [1.165, 1.54) is 23.9 Å². The zero-order chi connectivity index (χ0) is 20.7. The van der Waals surface area contributed by atoms with E-state index in [-0.39, 0.29) is 30.6 Å². The molecule has 0 aromatic heterocycles. The van der Waals surface area contributed by atoms with Crippen LogP contribution in [0, 0.1) is 17.0 Å². The molecule has 28 heavy (non-hydrogen) atoms. The fourth-order valence-corrected chi connectivity index (χ4v) is 3.16. The molecule has 2 aromatic rings. The molecule has 3 N–H and O–H groups in total. The first-order chi connectivity index (χ1) is 13.3. The normalized spacial score (nSPS) is 11.5. The lowest BCUT2D eigenvalue weighted by molar-refractivity contribution is -0.862. The van der Waals surface area contributed by atoms with E-state index in [2.05, 4.69) is 10.6 Å². The lowest BCUT2D eigenvalue weighted by Gasteiger charge is -2.15. The van der Waals surface area contributed by atoms with Gasteiger partial charge in [0.25, 0.3) is 17.5 Å². The van der Waals surface area contributed by atoms with Crippen molar-refractivity contribution in [2.24, 2.45) is 0 Å². The van der Waals surface area contributed by atoms with Crippen LogP contribution in [0.3, 0.4) is 0 Å². The summed E-state index contributed by atoms with van der Waals surface area (Å²) in [5.74, 6) is -0.517. The molecule has 2 aromatic carbocycles. The first-order valence-electron chi connectivity index (χ1n) is 8.59. The van der Waals surface area contributed by atoms with Crippen LogP contribution < -0.4 is 15.5 Å². The van der Waals surface area contributed by atoms with Crippen LogP contribution in [-0.2, 0) is 9.59 Å². The smallest absolute Gasteiger partial charge is 0.279 e. The summed E-state index contributed by atoms with van der Waals surface area (Å²) in [5, 5.41) is 16.4. The molecule has 0 heterocycles. The zero-order valence-corrected chi connectivity index (χ0v) is 16.8. The van der Waals surface area contributed by atoms with Crippen molar-refractivity contribution in [1.82, 2.24) is 0 Å². The molecular weight excluding hydrogens is 380 g/mol. The topological polar surface area (TPSA) is 106 Å². The highest BCUT2D eigenvalue weighted by Crippen LogP contribution is 2.24. The maximum absolute atomic E-state index is 12.3. The van der Waals surface area contributed by atoms with Crippen molar-refractivity contribution in [3.8, 4) is 0 Å². The minimum Gasteiger partial charge on any atom is -0.322 e. The number of thioether (sulfide) groups is 1. The Kier molecular flexibility index (Phi) is 7.53. The van der Waals surface area contributed by atoms with Gasteiger partial charge in [0.2, 0.25) is 0 Å². The Morgan fingerprint density at radius 1 is 1.07 bits per heavy atom. The monoisotopic (exact) mass is 403 g/mol. The Morgan fingerprint density at radius 2 is 1.68 bits per heavy atom. The average Bonchev–Trinajstić information content (AvgIpc) is 2.63. The van der Waals surface area contributed by atoms with Crippen molar-refractivity contribution < 1.29 is 19.4 Å². The molecule has 0 spiro atoms. The highest BCUT2D eigenvalue weighted by Gasteiger charge is 2.17. The van der Waals surface area contributed by atoms with Crippen LogP contribution in [-0.4, -0.2) is 43.1 Å². The average molecular weight is 403 g/mol. The maximum atomic E-state index is 12.3. The Bertz CT molecular complexity index is 888. The van der Waals surface area contributed by atoms with E-state index in [1.807, 2.05) is 30.5 Å². The third-order valence-electron chi connectivity index (χ3n) is 4.01. The van der Waals surface area contributed by atoms with Crippen molar-refractivity contribution in [3.63, 3.8) is 0 Å². The largest absolute Gasteiger partial charge is 0.322 e. The molecule has 0 radical (unpaired) electrons. The van der Waals surface area contributed by atoms with Gasteiger partial charge < -0.3 is 15.5 Å². The summed E-state index contributed by atoms with van der Waals surface area (Å²) in [4.78, 5) is 36.6. The highest BCUT2D eigenvalue weighted by molar-refractivity contribution is 7.98. The number of carbonyl (C=O) groups excluding carboxylic acids is 2. The van der Waals surface area contributed by atoms with E-state index < -0.39 is 4.92 Å². The Hall–Kier alpha value is -2.91. The lowest BCUT2D eigenvalue weighted by Crippen LogP contribution is -3.11. The quantitative estimate of drug-likeness (QED) is 0.354. The number of hydrogen-bond acceptors (Lipinski definition) is 5. The third kappa shape index (κ3) is 6.07. The molecule has 0 aliphatic heterocycles. The van der Waals surface area contributed by atoms with Gasteiger partial charge in [0.05, 0.1) is 23.3 Å². The van der Waals surface area contributed by atoms with E-state index in [1.54, 1.807) is 20.0 Å². The molecule has 0 aliphatic rings. The predicted molar refractivity (Wildman–Crippen MR) is 110 cm³/mol. The number of rotatable bonds is 8. The van der Waals surface area contributed by atoms with E-state index in [9.17, 15) is 19.7 Å². The highest BCUT2D eigenvalue weighted by atomic mass is 32.2. The van der Waals surface area contributed by atoms with Gasteiger partial charge in [0.1, 0.15) is 0 Å².